The first kappa shape index (κ1) is 18.7. The number of nitrogens with zero attached hydrogens (tertiary/aromatic N) is 5. The molecule has 0 aliphatic carbocycles. The van der Waals surface area contributed by atoms with E-state index in [2.05, 4.69) is 15.0 Å². The Balaban J connectivity index is 1.55. The number of aryl methyl sites for hydroxylation is 2. The molecule has 6 rings (SSSR count). The summed E-state index contributed by atoms with van der Waals surface area (Å²) in [5.74, 6) is 0.152. The largest absolute Gasteiger partial charge is 0.490 e. The number of imidazole rings is 2. The zero-order valence-corrected chi connectivity index (χ0v) is 17.5. The summed E-state index contributed by atoms with van der Waals surface area (Å²) in [6, 6.07) is 8.44. The van der Waals surface area contributed by atoms with Crippen LogP contribution < -0.4 is 10.4 Å². The first-order valence-electron chi connectivity index (χ1n) is 10.3. The lowest BCUT2D eigenvalue weighted by Gasteiger charge is -2.26. The first-order valence-corrected chi connectivity index (χ1v) is 10.3. The van der Waals surface area contributed by atoms with Crippen molar-refractivity contribution in [2.75, 3.05) is 6.61 Å². The van der Waals surface area contributed by atoms with Gasteiger partial charge in [0.1, 0.15) is 11.8 Å². The molecule has 32 heavy (non-hydrogen) atoms. The van der Waals surface area contributed by atoms with Gasteiger partial charge in [-0.15, -0.1) is 0 Å². The molecule has 160 valence electrons. The Morgan fingerprint density at radius 2 is 2.03 bits per heavy atom. The van der Waals surface area contributed by atoms with E-state index in [0.717, 1.165) is 22.2 Å². The first-order chi connectivity index (χ1) is 15.5. The second kappa shape index (κ2) is 6.74. The van der Waals surface area contributed by atoms with Crippen molar-refractivity contribution in [1.29, 1.82) is 0 Å². The van der Waals surface area contributed by atoms with Gasteiger partial charge in [0, 0.05) is 12.0 Å². The molecule has 1 aliphatic rings. The number of para-hydroxylation sites is 1. The van der Waals surface area contributed by atoms with Crippen LogP contribution in [0.2, 0.25) is 0 Å². The highest BCUT2D eigenvalue weighted by atomic mass is 19.1. The Hall–Kier alpha value is -4.01. The van der Waals surface area contributed by atoms with Gasteiger partial charge in [-0.05, 0) is 43.2 Å². The molecule has 8 nitrogen and oxygen atoms in total. The quantitative estimate of drug-likeness (QED) is 0.462. The van der Waals surface area contributed by atoms with Crippen LogP contribution in [0.5, 0.6) is 5.75 Å². The molecular formula is C23H19FN6O2. The number of hydrogen-bond donors (Lipinski definition) is 1. The number of aromatic nitrogens is 6. The summed E-state index contributed by atoms with van der Waals surface area (Å²) in [6.45, 7) is 4.39. The second-order valence-corrected chi connectivity index (χ2v) is 8.06. The van der Waals surface area contributed by atoms with Crippen LogP contribution in [-0.2, 0) is 0 Å². The number of nitrogens with one attached hydrogen (secondary N) is 1. The normalized spacial score (nSPS) is 15.8. The Bertz CT molecular complexity index is 1580. The van der Waals surface area contributed by atoms with Gasteiger partial charge in [-0.2, -0.15) is 4.98 Å². The van der Waals surface area contributed by atoms with Gasteiger partial charge < -0.3 is 9.72 Å². The van der Waals surface area contributed by atoms with Crippen molar-refractivity contribution in [3.8, 4) is 11.7 Å². The van der Waals surface area contributed by atoms with Crippen molar-refractivity contribution in [3.63, 3.8) is 0 Å². The van der Waals surface area contributed by atoms with E-state index in [0.29, 0.717) is 35.7 Å². The van der Waals surface area contributed by atoms with Gasteiger partial charge in [0.15, 0.2) is 17.2 Å². The van der Waals surface area contributed by atoms with E-state index in [1.807, 2.05) is 26.0 Å². The highest BCUT2D eigenvalue weighted by Gasteiger charge is 2.28. The maximum Gasteiger partial charge on any atom is 0.328 e. The highest BCUT2D eigenvalue weighted by Crippen LogP contribution is 2.36. The molecule has 2 aromatic carbocycles. The van der Waals surface area contributed by atoms with Gasteiger partial charge in [0.25, 0.3) is 0 Å². The molecule has 0 amide bonds. The predicted octanol–water partition coefficient (Wildman–Crippen LogP) is 3.59. The summed E-state index contributed by atoms with van der Waals surface area (Å²) >= 11 is 0. The van der Waals surface area contributed by atoms with Crippen LogP contribution in [0.4, 0.5) is 4.39 Å². The number of rotatable bonds is 2. The van der Waals surface area contributed by atoms with Gasteiger partial charge in [0.05, 0.1) is 29.9 Å². The molecule has 9 heteroatoms. The number of benzene rings is 2. The lowest BCUT2D eigenvalue weighted by Crippen LogP contribution is -2.28. The summed E-state index contributed by atoms with van der Waals surface area (Å²) in [5.41, 5.74) is 5.29. The van der Waals surface area contributed by atoms with Crippen LogP contribution in [0.25, 0.3) is 28.1 Å². The third-order valence-electron chi connectivity index (χ3n) is 6.13. The Kier molecular flexibility index (Phi) is 3.95. The van der Waals surface area contributed by atoms with E-state index < -0.39 is 11.9 Å². The monoisotopic (exact) mass is 430 g/mol. The molecule has 1 unspecified atom stereocenters. The minimum absolute atomic E-state index is 0.186. The predicted molar refractivity (Wildman–Crippen MR) is 117 cm³/mol. The number of hydrogen-bond acceptors (Lipinski definition) is 5. The fourth-order valence-corrected chi connectivity index (χ4v) is 4.37. The minimum Gasteiger partial charge on any atom is -0.490 e. The highest BCUT2D eigenvalue weighted by molar-refractivity contribution is 5.79. The Morgan fingerprint density at radius 3 is 2.91 bits per heavy atom. The SMILES string of the molecule is Cc1cc2ncn(-c3ncc4[nH]c(=O)n(C5CCOc6c(F)cccc65)c4n3)c2cc1C. The number of fused-ring (bicyclic) bond motifs is 3. The summed E-state index contributed by atoms with van der Waals surface area (Å²) < 4.78 is 23.2. The van der Waals surface area contributed by atoms with Crippen LogP contribution in [0.15, 0.2) is 47.7 Å². The zero-order chi connectivity index (χ0) is 22.0. The molecule has 0 saturated heterocycles. The fraction of sp³-hybridized carbons (Fsp3) is 0.217. The van der Waals surface area contributed by atoms with Crippen LogP contribution in [0, 0.1) is 19.7 Å². The van der Waals surface area contributed by atoms with E-state index in [1.54, 1.807) is 33.8 Å². The molecule has 0 bridgehead atoms. The van der Waals surface area contributed by atoms with Crippen LogP contribution in [0.3, 0.4) is 0 Å². The molecule has 5 aromatic rings. The van der Waals surface area contributed by atoms with Gasteiger partial charge in [-0.1, -0.05) is 12.1 Å². The minimum atomic E-state index is -0.439. The number of ether oxygens (including phenoxy) is 1. The average molecular weight is 430 g/mol. The van der Waals surface area contributed by atoms with Crippen molar-refractivity contribution < 1.29 is 9.13 Å². The standard InChI is InChI=1S/C23H19FN6O2/c1-12-8-16-19(9-13(12)2)29(11-26-16)22-25-10-17-21(28-22)30(23(31)27-17)18-6-7-32-20-14(18)4-3-5-15(20)24/h3-5,8-11,18H,6-7H2,1-2H3,(H,27,31). The Morgan fingerprint density at radius 1 is 1.19 bits per heavy atom. The molecule has 0 saturated carbocycles. The Labute approximate surface area is 181 Å². The fourth-order valence-electron chi connectivity index (χ4n) is 4.37. The van der Waals surface area contributed by atoms with E-state index in [4.69, 9.17) is 9.72 Å². The molecule has 3 aromatic heterocycles. The maximum absolute atomic E-state index is 14.3. The summed E-state index contributed by atoms with van der Waals surface area (Å²) in [5, 5.41) is 0. The van der Waals surface area contributed by atoms with Crippen molar-refractivity contribution >= 4 is 22.2 Å². The van der Waals surface area contributed by atoms with Crippen LogP contribution >= 0.6 is 0 Å². The maximum atomic E-state index is 14.3. The van der Waals surface area contributed by atoms with Gasteiger partial charge in [-0.25, -0.2) is 19.2 Å². The molecule has 0 fully saturated rings. The molecule has 1 atom stereocenters. The van der Waals surface area contributed by atoms with Crippen molar-refractivity contribution in [3.05, 3.63) is 75.8 Å². The van der Waals surface area contributed by atoms with E-state index in [-0.39, 0.29) is 11.4 Å². The summed E-state index contributed by atoms with van der Waals surface area (Å²) in [6.07, 6.45) is 3.79. The van der Waals surface area contributed by atoms with Gasteiger partial charge in [-0.3, -0.25) is 9.13 Å². The molecule has 0 radical (unpaired) electrons. The van der Waals surface area contributed by atoms with Crippen molar-refractivity contribution in [1.82, 2.24) is 29.1 Å². The summed E-state index contributed by atoms with van der Waals surface area (Å²) in [4.78, 5) is 29.4. The topological polar surface area (TPSA) is 90.6 Å². The van der Waals surface area contributed by atoms with E-state index >= 15 is 0 Å². The molecule has 1 N–H and O–H groups in total. The molecule has 4 heterocycles. The number of aromatic amines is 1. The van der Waals surface area contributed by atoms with Crippen LogP contribution in [0.1, 0.15) is 29.2 Å². The number of halogens is 1. The molecular weight excluding hydrogens is 411 g/mol. The molecule has 0 spiro atoms. The van der Waals surface area contributed by atoms with Gasteiger partial charge >= 0.3 is 5.69 Å². The van der Waals surface area contributed by atoms with Gasteiger partial charge in [0.2, 0.25) is 5.95 Å². The van der Waals surface area contributed by atoms with Crippen molar-refractivity contribution in [2.24, 2.45) is 0 Å². The lowest BCUT2D eigenvalue weighted by molar-refractivity contribution is 0.244. The van der Waals surface area contributed by atoms with E-state index in [9.17, 15) is 9.18 Å². The van der Waals surface area contributed by atoms with E-state index in [1.165, 1.54) is 6.07 Å². The zero-order valence-electron chi connectivity index (χ0n) is 17.5. The van der Waals surface area contributed by atoms with Crippen LogP contribution in [-0.4, -0.2) is 35.7 Å². The smallest absolute Gasteiger partial charge is 0.328 e. The molecule has 1 aliphatic heterocycles. The second-order valence-electron chi connectivity index (χ2n) is 8.06. The third-order valence-corrected chi connectivity index (χ3v) is 6.13. The van der Waals surface area contributed by atoms with Crippen molar-refractivity contribution in [2.45, 2.75) is 26.3 Å². The third kappa shape index (κ3) is 2.67. The summed E-state index contributed by atoms with van der Waals surface area (Å²) in [7, 11) is 0. The number of H-pyrrole nitrogens is 1. The lowest BCUT2D eigenvalue weighted by atomic mass is 10.00. The average Bonchev–Trinajstić information content (AvgIpc) is 3.33.